The maximum Gasteiger partial charge on any atom is 0.293 e. The molecular weight excluding hydrogens is 466 g/mol. The molecule has 4 rings (SSSR count). The molecule has 2 fully saturated rings. The molecule has 4 amide bonds. The van der Waals surface area contributed by atoms with Gasteiger partial charge in [0.05, 0.1) is 11.2 Å². The first kappa shape index (κ1) is 23.1. The predicted molar refractivity (Wildman–Crippen MR) is 124 cm³/mol. The van der Waals surface area contributed by atoms with Gasteiger partial charge in [-0.25, -0.2) is 0 Å². The Morgan fingerprint density at radius 3 is 2.55 bits per heavy atom. The lowest BCUT2D eigenvalue weighted by molar-refractivity contribution is -0.127. The van der Waals surface area contributed by atoms with E-state index in [1.165, 1.54) is 6.26 Å². The second kappa shape index (κ2) is 10.3. The van der Waals surface area contributed by atoms with Crippen LogP contribution < -0.4 is 5.32 Å². The molecule has 2 aromatic rings. The van der Waals surface area contributed by atoms with Gasteiger partial charge in [-0.3, -0.25) is 24.1 Å². The second-order valence-electron chi connectivity index (χ2n) is 7.72. The molecular formula is C23H22ClN3O5S. The van der Waals surface area contributed by atoms with Crippen molar-refractivity contribution in [2.75, 3.05) is 26.2 Å². The maximum absolute atomic E-state index is 12.6. The Morgan fingerprint density at radius 1 is 1.15 bits per heavy atom. The average Bonchev–Trinajstić information content (AvgIpc) is 3.45. The van der Waals surface area contributed by atoms with Crippen LogP contribution in [0.5, 0.6) is 0 Å². The Bertz CT molecular complexity index is 1080. The number of nitrogens with zero attached hydrogens (tertiary/aromatic N) is 2. The van der Waals surface area contributed by atoms with E-state index in [0.717, 1.165) is 22.2 Å². The van der Waals surface area contributed by atoms with Crippen molar-refractivity contribution in [1.29, 1.82) is 0 Å². The van der Waals surface area contributed by atoms with Crippen LogP contribution in [-0.4, -0.2) is 58.9 Å². The molecule has 1 N–H and O–H groups in total. The van der Waals surface area contributed by atoms with Gasteiger partial charge in [0, 0.05) is 37.1 Å². The Kier molecular flexibility index (Phi) is 7.20. The highest BCUT2D eigenvalue weighted by Crippen LogP contribution is 2.32. The van der Waals surface area contributed by atoms with E-state index in [9.17, 15) is 19.2 Å². The SMILES string of the molecule is O=C(NCCN1C(=O)S/C(=C\c2ccc(Cl)cc2)C1=O)C1CCN(C(=O)c2ccco2)CC1. The van der Waals surface area contributed by atoms with Gasteiger partial charge in [-0.1, -0.05) is 23.7 Å². The lowest BCUT2D eigenvalue weighted by Crippen LogP contribution is -2.44. The Balaban J connectivity index is 1.23. The summed E-state index contributed by atoms with van der Waals surface area (Å²) in [5, 5.41) is 3.04. The van der Waals surface area contributed by atoms with Gasteiger partial charge in [0.2, 0.25) is 5.91 Å². The average molecular weight is 488 g/mol. The summed E-state index contributed by atoms with van der Waals surface area (Å²) >= 11 is 6.75. The molecule has 0 atom stereocenters. The fourth-order valence-electron chi connectivity index (χ4n) is 3.74. The summed E-state index contributed by atoms with van der Waals surface area (Å²) in [5.74, 6) is -0.613. The van der Waals surface area contributed by atoms with Gasteiger partial charge in [0.1, 0.15) is 0 Å². The molecule has 33 heavy (non-hydrogen) atoms. The van der Waals surface area contributed by atoms with Crippen molar-refractivity contribution >= 4 is 52.4 Å². The van der Waals surface area contributed by atoms with Gasteiger partial charge in [0.25, 0.3) is 17.1 Å². The molecule has 0 aliphatic carbocycles. The number of rotatable bonds is 6. The minimum Gasteiger partial charge on any atom is -0.459 e. The molecule has 10 heteroatoms. The van der Waals surface area contributed by atoms with Crippen LogP contribution in [0.25, 0.3) is 6.08 Å². The number of benzene rings is 1. The van der Waals surface area contributed by atoms with Crippen LogP contribution >= 0.6 is 23.4 Å². The van der Waals surface area contributed by atoms with E-state index in [1.807, 2.05) is 0 Å². The van der Waals surface area contributed by atoms with Crippen molar-refractivity contribution in [3.05, 3.63) is 63.9 Å². The Morgan fingerprint density at radius 2 is 1.88 bits per heavy atom. The third-order valence-electron chi connectivity index (χ3n) is 5.56. The summed E-state index contributed by atoms with van der Waals surface area (Å²) in [6.45, 7) is 1.22. The van der Waals surface area contributed by atoms with Gasteiger partial charge in [-0.15, -0.1) is 0 Å². The Hall–Kier alpha value is -3.04. The molecule has 2 saturated heterocycles. The molecule has 0 radical (unpaired) electrons. The quantitative estimate of drug-likeness (QED) is 0.624. The van der Waals surface area contributed by atoms with Crippen molar-refractivity contribution in [2.45, 2.75) is 12.8 Å². The van der Waals surface area contributed by atoms with Gasteiger partial charge < -0.3 is 14.6 Å². The smallest absolute Gasteiger partial charge is 0.293 e. The Labute approximate surface area is 199 Å². The fraction of sp³-hybridized carbons (Fsp3) is 0.304. The van der Waals surface area contributed by atoms with Crippen LogP contribution in [0.3, 0.4) is 0 Å². The molecule has 0 bridgehead atoms. The number of hydrogen-bond donors (Lipinski definition) is 1. The number of thioether (sulfide) groups is 1. The van der Waals surface area contributed by atoms with Crippen LogP contribution in [0.15, 0.2) is 52.0 Å². The number of nitrogens with one attached hydrogen (secondary N) is 1. The maximum atomic E-state index is 12.6. The van der Waals surface area contributed by atoms with Gasteiger partial charge in [-0.2, -0.15) is 0 Å². The number of hydrogen-bond acceptors (Lipinski definition) is 6. The van der Waals surface area contributed by atoms with Crippen molar-refractivity contribution in [1.82, 2.24) is 15.1 Å². The van der Waals surface area contributed by atoms with E-state index in [4.69, 9.17) is 16.0 Å². The fourth-order valence-corrected chi connectivity index (χ4v) is 4.73. The lowest BCUT2D eigenvalue weighted by Gasteiger charge is -2.30. The van der Waals surface area contributed by atoms with E-state index < -0.39 is 0 Å². The first-order valence-electron chi connectivity index (χ1n) is 10.5. The zero-order valence-corrected chi connectivity index (χ0v) is 19.2. The minimum absolute atomic E-state index is 0.101. The topological polar surface area (TPSA) is 99.9 Å². The first-order chi connectivity index (χ1) is 15.9. The highest BCUT2D eigenvalue weighted by atomic mass is 35.5. The molecule has 1 aromatic carbocycles. The van der Waals surface area contributed by atoms with Crippen LogP contribution in [0.2, 0.25) is 5.02 Å². The molecule has 2 aliphatic rings. The number of furan rings is 1. The van der Waals surface area contributed by atoms with E-state index in [-0.39, 0.29) is 42.0 Å². The van der Waals surface area contributed by atoms with E-state index in [2.05, 4.69) is 5.32 Å². The normalized spacial score (nSPS) is 18.3. The zero-order valence-electron chi connectivity index (χ0n) is 17.7. The number of halogens is 1. The highest BCUT2D eigenvalue weighted by Gasteiger charge is 2.35. The minimum atomic E-state index is -0.376. The molecule has 0 saturated carbocycles. The molecule has 3 heterocycles. The number of carbonyl (C=O) groups excluding carboxylic acids is 4. The van der Waals surface area contributed by atoms with E-state index in [1.54, 1.807) is 47.4 Å². The number of likely N-dealkylation sites (tertiary alicyclic amines) is 1. The van der Waals surface area contributed by atoms with Crippen molar-refractivity contribution < 1.29 is 23.6 Å². The number of piperidine rings is 1. The summed E-state index contributed by atoms with van der Waals surface area (Å²) in [4.78, 5) is 52.9. The summed E-state index contributed by atoms with van der Waals surface area (Å²) in [6.07, 6.45) is 4.20. The highest BCUT2D eigenvalue weighted by molar-refractivity contribution is 8.18. The molecule has 172 valence electrons. The summed E-state index contributed by atoms with van der Waals surface area (Å²) in [6, 6.07) is 10.2. The second-order valence-corrected chi connectivity index (χ2v) is 9.15. The van der Waals surface area contributed by atoms with E-state index in [0.29, 0.717) is 41.6 Å². The summed E-state index contributed by atoms with van der Waals surface area (Å²) < 4.78 is 5.15. The van der Waals surface area contributed by atoms with Crippen molar-refractivity contribution in [3.63, 3.8) is 0 Å². The third kappa shape index (κ3) is 5.48. The predicted octanol–water partition coefficient (Wildman–Crippen LogP) is 3.64. The van der Waals surface area contributed by atoms with Gasteiger partial charge in [-0.05, 0) is 60.5 Å². The first-order valence-corrected chi connectivity index (χ1v) is 11.7. The summed E-state index contributed by atoms with van der Waals surface area (Å²) in [7, 11) is 0. The van der Waals surface area contributed by atoms with Crippen molar-refractivity contribution in [3.8, 4) is 0 Å². The number of amides is 4. The van der Waals surface area contributed by atoms with Gasteiger partial charge in [0.15, 0.2) is 5.76 Å². The van der Waals surface area contributed by atoms with Crippen LogP contribution in [0.4, 0.5) is 4.79 Å². The van der Waals surface area contributed by atoms with Crippen LogP contribution in [0.1, 0.15) is 29.0 Å². The largest absolute Gasteiger partial charge is 0.459 e. The standard InChI is InChI=1S/C23H22ClN3O5S/c24-17-5-3-15(4-6-17)14-19-22(30)27(23(31)33-19)12-9-25-20(28)16-7-10-26(11-8-16)21(29)18-2-1-13-32-18/h1-6,13-14,16H,7-12H2,(H,25,28)/b19-14-. The molecule has 1 aromatic heterocycles. The summed E-state index contributed by atoms with van der Waals surface area (Å²) in [5.41, 5.74) is 0.773. The zero-order chi connectivity index (χ0) is 23.4. The van der Waals surface area contributed by atoms with E-state index >= 15 is 0 Å². The number of carbonyl (C=O) groups is 4. The van der Waals surface area contributed by atoms with Crippen LogP contribution in [-0.2, 0) is 9.59 Å². The molecule has 0 unspecified atom stereocenters. The van der Waals surface area contributed by atoms with Crippen LogP contribution in [0, 0.1) is 5.92 Å². The number of imide groups is 1. The lowest BCUT2D eigenvalue weighted by atomic mass is 9.95. The molecule has 8 nitrogen and oxygen atoms in total. The monoisotopic (exact) mass is 487 g/mol. The van der Waals surface area contributed by atoms with Crippen molar-refractivity contribution in [2.24, 2.45) is 5.92 Å². The third-order valence-corrected chi connectivity index (χ3v) is 6.72. The molecule has 2 aliphatic heterocycles. The van der Waals surface area contributed by atoms with Gasteiger partial charge >= 0.3 is 0 Å². The molecule has 0 spiro atoms.